The van der Waals surface area contributed by atoms with Crippen LogP contribution in [0.5, 0.6) is 0 Å². The van der Waals surface area contributed by atoms with Crippen LogP contribution >= 0.6 is 0 Å². The number of nitriles is 1. The Balaban J connectivity index is 2.89. The minimum absolute atomic E-state index is 0.289. The summed E-state index contributed by atoms with van der Waals surface area (Å²) in [6.07, 6.45) is 1.56. The third-order valence-electron chi connectivity index (χ3n) is 1.42. The molecule has 0 spiro atoms. The molecular weight excluding hydrogens is 154 g/mol. The van der Waals surface area contributed by atoms with Crippen LogP contribution in [0.25, 0.3) is 0 Å². The molecule has 0 saturated carbocycles. The van der Waals surface area contributed by atoms with Gasteiger partial charge >= 0.3 is 0 Å². The zero-order chi connectivity index (χ0) is 9.14. The molecule has 0 aromatic carbocycles. The second-order valence-corrected chi connectivity index (χ2v) is 2.78. The molecule has 1 aromatic heterocycles. The number of aromatic nitrogens is 2. The van der Waals surface area contributed by atoms with Crippen molar-refractivity contribution in [2.45, 2.75) is 6.67 Å². The second-order valence-electron chi connectivity index (χ2n) is 2.78. The average molecular weight is 165 g/mol. The normalized spacial score (nSPS) is 10.2. The van der Waals surface area contributed by atoms with Crippen LogP contribution in [0.15, 0.2) is 6.33 Å². The Morgan fingerprint density at radius 1 is 1.75 bits per heavy atom. The predicted molar refractivity (Wildman–Crippen MR) is 45.0 cm³/mol. The van der Waals surface area contributed by atoms with E-state index in [0.717, 1.165) is 0 Å². The predicted octanol–water partition coefficient (Wildman–Crippen LogP) is -0.144. The maximum Gasteiger partial charge on any atom is 0.182 e. The summed E-state index contributed by atoms with van der Waals surface area (Å²) in [5, 5.41) is 8.55. The van der Waals surface area contributed by atoms with Crippen LogP contribution in [0.1, 0.15) is 5.69 Å². The number of hydrogen-bond acceptors (Lipinski definition) is 4. The summed E-state index contributed by atoms with van der Waals surface area (Å²) in [5.74, 6) is 0.422. The number of imidazole rings is 1. The molecule has 5 nitrogen and oxygen atoms in total. The van der Waals surface area contributed by atoms with Crippen molar-refractivity contribution in [3.63, 3.8) is 0 Å². The quantitative estimate of drug-likeness (QED) is 0.662. The van der Waals surface area contributed by atoms with Crippen molar-refractivity contribution in [3.05, 3.63) is 12.0 Å². The highest BCUT2D eigenvalue weighted by molar-refractivity contribution is 5.44. The van der Waals surface area contributed by atoms with E-state index < -0.39 is 0 Å². The van der Waals surface area contributed by atoms with Crippen molar-refractivity contribution >= 4 is 5.82 Å². The summed E-state index contributed by atoms with van der Waals surface area (Å²) >= 11 is 0. The highest BCUT2D eigenvalue weighted by atomic mass is 15.2. The van der Waals surface area contributed by atoms with Gasteiger partial charge in [0.2, 0.25) is 0 Å². The molecule has 5 heteroatoms. The lowest BCUT2D eigenvalue weighted by atomic mass is 10.5. The highest BCUT2D eigenvalue weighted by Crippen LogP contribution is 2.07. The van der Waals surface area contributed by atoms with Crippen LogP contribution in [0.2, 0.25) is 0 Å². The first kappa shape index (κ1) is 8.56. The van der Waals surface area contributed by atoms with Crippen LogP contribution in [0.3, 0.4) is 0 Å². The highest BCUT2D eigenvalue weighted by Gasteiger charge is 2.05. The van der Waals surface area contributed by atoms with Gasteiger partial charge < -0.3 is 10.3 Å². The van der Waals surface area contributed by atoms with Gasteiger partial charge in [0.25, 0.3) is 0 Å². The Bertz CT molecular complexity index is 306. The number of nitrogens with two attached hydrogens (primary N) is 1. The first-order valence-electron chi connectivity index (χ1n) is 3.50. The maximum absolute atomic E-state index is 8.55. The minimum atomic E-state index is 0.289. The second kappa shape index (κ2) is 3.24. The first-order valence-corrected chi connectivity index (χ1v) is 3.50. The summed E-state index contributed by atoms with van der Waals surface area (Å²) in [5.41, 5.74) is 5.90. The largest absolute Gasteiger partial charge is 0.383 e. The lowest BCUT2D eigenvalue weighted by Gasteiger charge is -2.10. The van der Waals surface area contributed by atoms with Crippen molar-refractivity contribution in [2.24, 2.45) is 0 Å². The SMILES string of the molecule is CN(C)Cn1cnc(C#N)c1N. The molecule has 0 bridgehead atoms. The van der Waals surface area contributed by atoms with Gasteiger partial charge in [-0.05, 0) is 14.1 Å². The lowest BCUT2D eigenvalue weighted by Crippen LogP contribution is -2.17. The Morgan fingerprint density at radius 2 is 2.42 bits per heavy atom. The number of anilines is 1. The number of nitrogens with zero attached hydrogens (tertiary/aromatic N) is 4. The fraction of sp³-hybridized carbons (Fsp3) is 0.429. The summed E-state index contributed by atoms with van der Waals surface area (Å²) in [6, 6.07) is 1.91. The zero-order valence-electron chi connectivity index (χ0n) is 7.15. The molecule has 0 radical (unpaired) electrons. The van der Waals surface area contributed by atoms with Gasteiger partial charge in [-0.2, -0.15) is 5.26 Å². The average Bonchev–Trinajstić information content (AvgIpc) is 2.32. The van der Waals surface area contributed by atoms with Gasteiger partial charge in [0, 0.05) is 0 Å². The summed E-state index contributed by atoms with van der Waals surface area (Å²) in [7, 11) is 3.84. The van der Waals surface area contributed by atoms with Crippen LogP contribution in [0.4, 0.5) is 5.82 Å². The molecule has 0 unspecified atom stereocenters. The van der Waals surface area contributed by atoms with Gasteiger partial charge in [0.05, 0.1) is 13.0 Å². The Labute approximate surface area is 71.0 Å². The molecule has 2 N–H and O–H groups in total. The maximum atomic E-state index is 8.55. The first-order chi connectivity index (χ1) is 5.65. The van der Waals surface area contributed by atoms with Crippen molar-refractivity contribution < 1.29 is 0 Å². The third kappa shape index (κ3) is 1.54. The van der Waals surface area contributed by atoms with E-state index in [2.05, 4.69) is 4.98 Å². The molecule has 0 atom stereocenters. The molecule has 1 aromatic rings. The molecular formula is C7H11N5. The molecule has 0 amide bonds. The molecule has 1 rings (SSSR count). The molecule has 0 saturated heterocycles. The minimum Gasteiger partial charge on any atom is -0.383 e. The molecule has 0 aliphatic heterocycles. The van der Waals surface area contributed by atoms with Crippen molar-refractivity contribution in [1.29, 1.82) is 5.26 Å². The van der Waals surface area contributed by atoms with Crippen LogP contribution < -0.4 is 5.73 Å². The van der Waals surface area contributed by atoms with Gasteiger partial charge in [-0.15, -0.1) is 0 Å². The standard InChI is InChI=1S/C7H11N5/c1-11(2)5-12-4-10-6(3-8)7(12)9/h4H,5,9H2,1-2H3. The number of hydrogen-bond donors (Lipinski definition) is 1. The molecule has 64 valence electrons. The fourth-order valence-corrected chi connectivity index (χ4v) is 0.895. The van der Waals surface area contributed by atoms with E-state index in [-0.39, 0.29) is 5.69 Å². The van der Waals surface area contributed by atoms with Crippen LogP contribution in [0, 0.1) is 11.3 Å². The topological polar surface area (TPSA) is 70.9 Å². The fourth-order valence-electron chi connectivity index (χ4n) is 0.895. The third-order valence-corrected chi connectivity index (χ3v) is 1.42. The van der Waals surface area contributed by atoms with Gasteiger partial charge in [-0.1, -0.05) is 0 Å². The van der Waals surface area contributed by atoms with E-state index in [0.29, 0.717) is 12.5 Å². The molecule has 0 fully saturated rings. The molecule has 0 aliphatic carbocycles. The number of rotatable bonds is 2. The van der Waals surface area contributed by atoms with E-state index in [1.807, 2.05) is 25.1 Å². The summed E-state index contributed by atoms with van der Waals surface area (Å²) < 4.78 is 1.72. The monoisotopic (exact) mass is 165 g/mol. The van der Waals surface area contributed by atoms with Gasteiger partial charge in [0.15, 0.2) is 5.69 Å². The summed E-state index contributed by atoms with van der Waals surface area (Å²) in [4.78, 5) is 5.78. The van der Waals surface area contributed by atoms with Gasteiger partial charge in [-0.25, -0.2) is 4.98 Å². The van der Waals surface area contributed by atoms with Crippen molar-refractivity contribution in [2.75, 3.05) is 19.8 Å². The van der Waals surface area contributed by atoms with E-state index in [1.165, 1.54) is 0 Å². The Kier molecular flexibility index (Phi) is 2.31. The Hall–Kier alpha value is -1.54. The van der Waals surface area contributed by atoms with Crippen LogP contribution in [-0.2, 0) is 6.67 Å². The smallest absolute Gasteiger partial charge is 0.182 e. The van der Waals surface area contributed by atoms with Gasteiger partial charge in [0.1, 0.15) is 11.9 Å². The van der Waals surface area contributed by atoms with Crippen molar-refractivity contribution in [1.82, 2.24) is 14.5 Å². The van der Waals surface area contributed by atoms with E-state index in [9.17, 15) is 0 Å². The van der Waals surface area contributed by atoms with E-state index in [4.69, 9.17) is 11.0 Å². The van der Waals surface area contributed by atoms with Crippen molar-refractivity contribution in [3.8, 4) is 6.07 Å². The Morgan fingerprint density at radius 3 is 2.83 bits per heavy atom. The van der Waals surface area contributed by atoms with Gasteiger partial charge in [-0.3, -0.25) is 4.90 Å². The van der Waals surface area contributed by atoms with E-state index in [1.54, 1.807) is 10.9 Å². The molecule has 1 heterocycles. The molecule has 12 heavy (non-hydrogen) atoms. The lowest BCUT2D eigenvalue weighted by molar-refractivity contribution is 0.329. The number of nitrogen functional groups attached to an aromatic ring is 1. The van der Waals surface area contributed by atoms with Crippen LogP contribution in [-0.4, -0.2) is 28.5 Å². The summed E-state index contributed by atoms with van der Waals surface area (Å²) in [6.45, 7) is 0.639. The zero-order valence-corrected chi connectivity index (χ0v) is 7.15. The molecule has 0 aliphatic rings. The van der Waals surface area contributed by atoms with E-state index >= 15 is 0 Å².